The second-order valence-electron chi connectivity index (χ2n) is 11.4. The quantitative estimate of drug-likeness (QED) is 0.126. The van der Waals surface area contributed by atoms with Crippen molar-refractivity contribution in [1.29, 1.82) is 0 Å². The number of nitrogens with zero attached hydrogens (tertiary/aromatic N) is 1. The molecule has 3 atom stereocenters. The third kappa shape index (κ3) is 7.02. The summed E-state index contributed by atoms with van der Waals surface area (Å²) in [7, 11) is -2.84. The Balaban J connectivity index is 1.14. The Hall–Kier alpha value is -4.71. The molecule has 0 aliphatic carbocycles. The number of carbonyl (C=O) groups excluding carboxylic acids is 3. The molecule has 1 N–H and O–H groups in total. The van der Waals surface area contributed by atoms with E-state index in [9.17, 15) is 22.8 Å². The fraction of sp³-hybridized carbons (Fsp3) is 0.194. The topological polar surface area (TPSA) is 119 Å². The van der Waals surface area contributed by atoms with Crippen LogP contribution in [0, 0.1) is 0 Å². The van der Waals surface area contributed by atoms with Crippen LogP contribution in [0.15, 0.2) is 114 Å². The molecule has 47 heavy (non-hydrogen) atoms. The van der Waals surface area contributed by atoms with Crippen molar-refractivity contribution in [3.63, 3.8) is 0 Å². The van der Waals surface area contributed by atoms with Gasteiger partial charge in [-0.2, -0.15) is 16.9 Å². The zero-order valence-corrected chi connectivity index (χ0v) is 27.1. The third-order valence-electron chi connectivity index (χ3n) is 8.22. The predicted molar refractivity (Wildman–Crippen MR) is 182 cm³/mol. The monoisotopic (exact) mass is 668 g/mol. The van der Waals surface area contributed by atoms with Gasteiger partial charge in [0, 0.05) is 18.2 Å². The SMILES string of the molecule is COC(=O)[C@H](Cc1ccc(OC(=O)c2ccc3ccccc3c2)cc1)NC(=O)[C@@H]1C[C@H](S)CN1S(=O)(=O)c1ccc2ccccc2c1. The summed E-state index contributed by atoms with van der Waals surface area (Å²) in [5.74, 6) is -1.51. The Morgan fingerprint density at radius 3 is 2.13 bits per heavy atom. The van der Waals surface area contributed by atoms with Crippen LogP contribution in [0.4, 0.5) is 0 Å². The number of nitrogens with one attached hydrogen (secondary N) is 1. The fourth-order valence-electron chi connectivity index (χ4n) is 5.77. The molecule has 0 radical (unpaired) electrons. The summed E-state index contributed by atoms with van der Waals surface area (Å²) in [5.41, 5.74) is 1.07. The summed E-state index contributed by atoms with van der Waals surface area (Å²) < 4.78 is 39.2. The normalized spacial score (nSPS) is 17.3. The highest BCUT2D eigenvalue weighted by Gasteiger charge is 2.44. The second-order valence-corrected chi connectivity index (χ2v) is 14.0. The van der Waals surface area contributed by atoms with Crippen molar-refractivity contribution >= 4 is 62.0 Å². The molecule has 0 bridgehead atoms. The number of methoxy groups -OCH3 is 1. The van der Waals surface area contributed by atoms with Gasteiger partial charge in [-0.25, -0.2) is 18.0 Å². The summed E-state index contributed by atoms with van der Waals surface area (Å²) >= 11 is 4.50. The number of benzene rings is 5. The van der Waals surface area contributed by atoms with Gasteiger partial charge in [-0.3, -0.25) is 4.79 Å². The molecule has 1 fully saturated rings. The lowest BCUT2D eigenvalue weighted by Gasteiger charge is -2.25. The van der Waals surface area contributed by atoms with Crippen LogP contribution in [-0.2, 0) is 30.8 Å². The molecule has 11 heteroatoms. The van der Waals surface area contributed by atoms with Gasteiger partial charge in [0.05, 0.1) is 17.6 Å². The van der Waals surface area contributed by atoms with Gasteiger partial charge in [-0.1, -0.05) is 72.8 Å². The van der Waals surface area contributed by atoms with E-state index in [0.717, 1.165) is 25.9 Å². The molecule has 1 amide bonds. The molecule has 5 aromatic carbocycles. The van der Waals surface area contributed by atoms with Gasteiger partial charge in [0.2, 0.25) is 15.9 Å². The van der Waals surface area contributed by atoms with Crippen LogP contribution in [0.5, 0.6) is 5.75 Å². The van der Waals surface area contributed by atoms with Crippen molar-refractivity contribution in [2.24, 2.45) is 0 Å². The zero-order valence-electron chi connectivity index (χ0n) is 25.4. The first-order valence-corrected chi connectivity index (χ1v) is 16.9. The van der Waals surface area contributed by atoms with Crippen LogP contribution in [0.1, 0.15) is 22.3 Å². The molecule has 0 aromatic heterocycles. The van der Waals surface area contributed by atoms with E-state index in [4.69, 9.17) is 9.47 Å². The summed E-state index contributed by atoms with van der Waals surface area (Å²) in [6.07, 6.45) is 0.235. The van der Waals surface area contributed by atoms with Crippen LogP contribution in [0.3, 0.4) is 0 Å². The van der Waals surface area contributed by atoms with Crippen molar-refractivity contribution in [2.75, 3.05) is 13.7 Å². The standard InChI is InChI=1S/C36H32N2O7S2/c1-44-36(41)32(18-23-10-15-29(16-11-23)45-35(40)28-13-12-24-6-2-4-8-26(24)19-28)37-34(39)33-21-30(46)22-38(33)47(42,43)31-17-14-25-7-3-5-9-27(25)20-31/h2-17,19-20,30,32-33,46H,18,21-22H2,1H3,(H,37,39)/t30-,32-,33-/m0/s1. The van der Waals surface area contributed by atoms with Crippen LogP contribution < -0.4 is 10.1 Å². The zero-order chi connectivity index (χ0) is 33.1. The summed E-state index contributed by atoms with van der Waals surface area (Å²) in [4.78, 5) is 39.2. The number of sulfonamides is 1. The van der Waals surface area contributed by atoms with Gasteiger partial charge < -0.3 is 14.8 Å². The maximum absolute atomic E-state index is 13.7. The number of hydrogen-bond acceptors (Lipinski definition) is 8. The van der Waals surface area contributed by atoms with Crippen LogP contribution in [0.2, 0.25) is 0 Å². The fourth-order valence-corrected chi connectivity index (χ4v) is 7.93. The number of ether oxygens (including phenoxy) is 2. The first kappa shape index (κ1) is 32.2. The molecule has 1 heterocycles. The second kappa shape index (κ2) is 13.6. The van der Waals surface area contributed by atoms with E-state index in [2.05, 4.69) is 17.9 Å². The molecule has 240 valence electrons. The number of rotatable bonds is 9. The molecular formula is C36H32N2O7S2. The van der Waals surface area contributed by atoms with E-state index in [1.807, 2.05) is 54.6 Å². The number of thiol groups is 1. The van der Waals surface area contributed by atoms with E-state index in [0.29, 0.717) is 16.9 Å². The molecule has 0 saturated carbocycles. The molecule has 1 aliphatic heterocycles. The van der Waals surface area contributed by atoms with Gasteiger partial charge in [0.25, 0.3) is 0 Å². The maximum atomic E-state index is 13.7. The molecule has 0 spiro atoms. The molecule has 1 saturated heterocycles. The van der Waals surface area contributed by atoms with Crippen LogP contribution in [0.25, 0.3) is 21.5 Å². The molecule has 1 aliphatic rings. The summed E-state index contributed by atoms with van der Waals surface area (Å²) in [5, 5.41) is 5.92. The smallest absolute Gasteiger partial charge is 0.343 e. The largest absolute Gasteiger partial charge is 0.467 e. The summed E-state index contributed by atoms with van der Waals surface area (Å²) in [6.45, 7) is 0.0403. The Bertz CT molecular complexity index is 2080. The van der Waals surface area contributed by atoms with Crippen LogP contribution in [-0.4, -0.2) is 61.6 Å². The Kier molecular flexibility index (Phi) is 9.31. The number of fused-ring (bicyclic) bond motifs is 2. The highest BCUT2D eigenvalue weighted by atomic mass is 32.2. The van der Waals surface area contributed by atoms with Crippen molar-refractivity contribution < 1.29 is 32.3 Å². The highest BCUT2D eigenvalue weighted by Crippen LogP contribution is 2.31. The molecule has 6 rings (SSSR count). The third-order valence-corrected chi connectivity index (χ3v) is 10.5. The number of amides is 1. The van der Waals surface area contributed by atoms with E-state index >= 15 is 0 Å². The Labute approximate surface area is 277 Å². The van der Waals surface area contributed by atoms with Gasteiger partial charge in [-0.15, -0.1) is 0 Å². The van der Waals surface area contributed by atoms with Gasteiger partial charge in [-0.05, 0) is 69.9 Å². The van der Waals surface area contributed by atoms with E-state index in [1.54, 1.807) is 48.5 Å². The lowest BCUT2D eigenvalue weighted by atomic mass is 10.0. The minimum atomic E-state index is -4.06. The maximum Gasteiger partial charge on any atom is 0.343 e. The Morgan fingerprint density at radius 2 is 1.47 bits per heavy atom. The van der Waals surface area contributed by atoms with Gasteiger partial charge in [0.1, 0.15) is 17.8 Å². The van der Waals surface area contributed by atoms with Crippen molar-refractivity contribution in [3.8, 4) is 5.75 Å². The minimum absolute atomic E-state index is 0.0403. The molecule has 9 nitrogen and oxygen atoms in total. The van der Waals surface area contributed by atoms with Gasteiger partial charge >= 0.3 is 11.9 Å². The number of carbonyl (C=O) groups is 3. The predicted octanol–water partition coefficient (Wildman–Crippen LogP) is 5.17. The molecular weight excluding hydrogens is 637 g/mol. The summed E-state index contributed by atoms with van der Waals surface area (Å²) in [6, 6.07) is 29.7. The minimum Gasteiger partial charge on any atom is -0.467 e. The molecule has 0 unspecified atom stereocenters. The number of esters is 2. The lowest BCUT2D eigenvalue weighted by molar-refractivity contribution is -0.145. The van der Waals surface area contributed by atoms with Crippen molar-refractivity contribution in [2.45, 2.75) is 35.1 Å². The average molecular weight is 669 g/mol. The lowest BCUT2D eigenvalue weighted by Crippen LogP contribution is -2.51. The van der Waals surface area contributed by atoms with Crippen molar-refractivity contribution in [3.05, 3.63) is 120 Å². The average Bonchev–Trinajstić information content (AvgIpc) is 3.50. The van der Waals surface area contributed by atoms with E-state index in [-0.39, 0.29) is 29.5 Å². The first-order valence-electron chi connectivity index (χ1n) is 15.0. The first-order chi connectivity index (χ1) is 22.6. The number of hydrogen-bond donors (Lipinski definition) is 2. The van der Waals surface area contributed by atoms with E-state index in [1.165, 1.54) is 13.2 Å². The molecule has 5 aromatic rings. The van der Waals surface area contributed by atoms with Crippen molar-refractivity contribution in [1.82, 2.24) is 9.62 Å². The highest BCUT2D eigenvalue weighted by molar-refractivity contribution is 7.89. The Morgan fingerprint density at radius 1 is 0.851 bits per heavy atom. The van der Waals surface area contributed by atoms with E-state index < -0.39 is 40.0 Å². The van der Waals surface area contributed by atoms with Gasteiger partial charge in [0.15, 0.2) is 0 Å². The van der Waals surface area contributed by atoms with Crippen LogP contribution >= 0.6 is 12.6 Å².